The van der Waals surface area contributed by atoms with Gasteiger partial charge in [0.15, 0.2) is 0 Å². The summed E-state index contributed by atoms with van der Waals surface area (Å²) in [5.41, 5.74) is 13.7. The third-order valence-corrected chi connectivity index (χ3v) is 10.2. The molecule has 2 heterocycles. The molecule has 5 rings (SSSR count). The number of hydrogen-bond donors (Lipinski definition) is 1. The van der Waals surface area contributed by atoms with Crippen molar-refractivity contribution in [3.63, 3.8) is 0 Å². The standard InChI is InChI=1S/C39H46N8O5/c1-2-34-37(41-28-48)36(30-15-17-33(18-16-30)47(50)51)38(35(43-34)27-52-26-9-21-42-44-40)46(29-49)23-10-22-45-24-19-39(20-25-45,31-11-5-3-6-12-31)32-13-7-4-8-14-32/h3-8,11-18,28-29,36-37H,2,9-10,19-27H2,1H3,(H,41,48). The van der Waals surface area contributed by atoms with E-state index in [1.54, 1.807) is 17.0 Å². The van der Waals surface area contributed by atoms with Crippen LogP contribution < -0.4 is 5.32 Å². The number of nitro benzene ring substituents is 1. The average Bonchev–Trinajstić information content (AvgIpc) is 3.19. The number of carbonyl (C=O) groups is 2. The Bertz CT molecular complexity index is 1710. The minimum atomic E-state index is -0.582. The molecule has 13 nitrogen and oxygen atoms in total. The molecular formula is C39H46N8O5. The van der Waals surface area contributed by atoms with E-state index < -0.39 is 16.9 Å². The third-order valence-electron chi connectivity index (χ3n) is 10.2. The molecule has 0 aliphatic carbocycles. The molecule has 0 aromatic heterocycles. The number of benzene rings is 3. The SMILES string of the molecule is CCC1=NC(COCCCN=[N+]=[N-])=C(N(C=O)CCCN2CCC(c3ccccc3)(c3ccccc3)CC2)C(c2ccc([N+](=O)[O-])cc2)C1NC=O. The highest BCUT2D eigenvalue weighted by Gasteiger charge is 2.39. The lowest BCUT2D eigenvalue weighted by atomic mass is 9.68. The highest BCUT2D eigenvalue weighted by Crippen LogP contribution is 2.42. The Morgan fingerprint density at radius 1 is 1.04 bits per heavy atom. The van der Waals surface area contributed by atoms with Gasteiger partial charge in [0.1, 0.15) is 0 Å². The molecule has 3 aromatic carbocycles. The zero-order valence-corrected chi connectivity index (χ0v) is 29.5. The Morgan fingerprint density at radius 2 is 1.69 bits per heavy atom. The van der Waals surface area contributed by atoms with Gasteiger partial charge in [-0.15, -0.1) is 0 Å². The van der Waals surface area contributed by atoms with Crippen LogP contribution in [0, 0.1) is 10.1 Å². The number of amides is 2. The van der Waals surface area contributed by atoms with E-state index >= 15 is 0 Å². The van der Waals surface area contributed by atoms with Crippen LogP contribution in [0.1, 0.15) is 61.6 Å². The number of piperidine rings is 1. The van der Waals surface area contributed by atoms with Crippen molar-refractivity contribution in [3.05, 3.63) is 134 Å². The summed E-state index contributed by atoms with van der Waals surface area (Å²) in [6.45, 7) is 5.62. The predicted octanol–water partition coefficient (Wildman–Crippen LogP) is 6.52. The van der Waals surface area contributed by atoms with E-state index in [-0.39, 0.29) is 24.3 Å². The van der Waals surface area contributed by atoms with Crippen LogP contribution in [-0.4, -0.2) is 85.2 Å². The molecule has 1 N–H and O–H groups in total. The summed E-state index contributed by atoms with van der Waals surface area (Å²) in [6, 6.07) is 27.1. The summed E-state index contributed by atoms with van der Waals surface area (Å²) < 4.78 is 5.98. The molecule has 2 aliphatic rings. The number of likely N-dealkylation sites (tertiary alicyclic amines) is 1. The molecule has 2 aliphatic heterocycles. The summed E-state index contributed by atoms with van der Waals surface area (Å²) in [4.78, 5) is 47.8. The van der Waals surface area contributed by atoms with Crippen molar-refractivity contribution in [3.8, 4) is 0 Å². The molecule has 3 aromatic rings. The van der Waals surface area contributed by atoms with Gasteiger partial charge in [0.2, 0.25) is 12.8 Å². The molecule has 0 saturated carbocycles. The smallest absolute Gasteiger partial charge is 0.269 e. The van der Waals surface area contributed by atoms with Gasteiger partial charge in [-0.05, 0) is 74.0 Å². The largest absolute Gasteiger partial charge is 0.375 e. The van der Waals surface area contributed by atoms with E-state index in [0.717, 1.165) is 38.9 Å². The highest BCUT2D eigenvalue weighted by molar-refractivity contribution is 5.94. The first-order chi connectivity index (χ1) is 25.4. The molecule has 13 heteroatoms. The van der Waals surface area contributed by atoms with Crippen LogP contribution in [0.4, 0.5) is 5.69 Å². The van der Waals surface area contributed by atoms with E-state index in [2.05, 4.69) is 80.9 Å². The second-order valence-electron chi connectivity index (χ2n) is 13.0. The summed E-state index contributed by atoms with van der Waals surface area (Å²) in [5.74, 6) is -0.558. The summed E-state index contributed by atoms with van der Waals surface area (Å²) >= 11 is 0. The Labute approximate surface area is 304 Å². The van der Waals surface area contributed by atoms with Crippen molar-refractivity contribution in [1.82, 2.24) is 15.1 Å². The molecule has 1 saturated heterocycles. The molecule has 2 atom stereocenters. The first kappa shape index (κ1) is 37.9. The zero-order chi connectivity index (χ0) is 36.8. The Morgan fingerprint density at radius 3 is 2.25 bits per heavy atom. The normalized spacial score (nSPS) is 18.5. The maximum atomic E-state index is 13.0. The van der Waals surface area contributed by atoms with Crippen molar-refractivity contribution >= 4 is 24.2 Å². The van der Waals surface area contributed by atoms with Gasteiger partial charge in [0.25, 0.3) is 5.69 Å². The van der Waals surface area contributed by atoms with E-state index in [4.69, 9.17) is 15.3 Å². The van der Waals surface area contributed by atoms with E-state index in [0.29, 0.717) is 61.5 Å². The van der Waals surface area contributed by atoms with Gasteiger partial charge in [-0.2, -0.15) is 0 Å². The van der Waals surface area contributed by atoms with Gasteiger partial charge in [0, 0.05) is 47.9 Å². The van der Waals surface area contributed by atoms with Crippen molar-refractivity contribution in [1.29, 1.82) is 0 Å². The number of ether oxygens (including phenoxy) is 1. The van der Waals surface area contributed by atoms with E-state index in [9.17, 15) is 19.7 Å². The number of hydrogen-bond acceptors (Lipinski definition) is 8. The highest BCUT2D eigenvalue weighted by atomic mass is 16.6. The second-order valence-corrected chi connectivity index (χ2v) is 13.0. The quantitative estimate of drug-likeness (QED) is 0.0284. The number of nitrogens with one attached hydrogen (secondary N) is 1. The first-order valence-corrected chi connectivity index (χ1v) is 17.8. The lowest BCUT2D eigenvalue weighted by Gasteiger charge is -2.43. The van der Waals surface area contributed by atoms with Gasteiger partial charge >= 0.3 is 0 Å². The van der Waals surface area contributed by atoms with E-state index in [1.807, 2.05) is 6.92 Å². The van der Waals surface area contributed by atoms with Crippen LogP contribution in [0.2, 0.25) is 0 Å². The summed E-state index contributed by atoms with van der Waals surface area (Å²) in [5, 5.41) is 18.0. The van der Waals surface area contributed by atoms with Crippen LogP contribution in [0.3, 0.4) is 0 Å². The average molecular weight is 707 g/mol. The number of azide groups is 1. The molecule has 2 amide bonds. The lowest BCUT2D eigenvalue weighted by Crippen LogP contribution is -2.47. The summed E-state index contributed by atoms with van der Waals surface area (Å²) in [6.07, 6.45) is 5.09. The monoisotopic (exact) mass is 706 g/mol. The maximum absolute atomic E-state index is 13.0. The number of nitro groups is 1. The minimum Gasteiger partial charge on any atom is -0.375 e. The number of carbonyl (C=O) groups excluding carboxylic acids is 2. The molecule has 1 fully saturated rings. The first-order valence-electron chi connectivity index (χ1n) is 17.8. The van der Waals surface area contributed by atoms with Crippen LogP contribution in [-0.2, 0) is 19.7 Å². The van der Waals surface area contributed by atoms with Crippen LogP contribution in [0.5, 0.6) is 0 Å². The predicted molar refractivity (Wildman–Crippen MR) is 200 cm³/mol. The summed E-state index contributed by atoms with van der Waals surface area (Å²) in [7, 11) is 0. The van der Waals surface area contributed by atoms with Crippen LogP contribution in [0.25, 0.3) is 10.4 Å². The molecule has 52 heavy (non-hydrogen) atoms. The minimum absolute atomic E-state index is 0.0599. The molecule has 2 unspecified atom stereocenters. The van der Waals surface area contributed by atoms with E-state index in [1.165, 1.54) is 23.3 Å². The van der Waals surface area contributed by atoms with Gasteiger partial charge < -0.3 is 19.9 Å². The second kappa shape index (κ2) is 18.8. The van der Waals surface area contributed by atoms with Crippen molar-refractivity contribution in [2.24, 2.45) is 10.1 Å². The Balaban J connectivity index is 1.38. The molecule has 272 valence electrons. The molecule has 0 radical (unpaired) electrons. The topological polar surface area (TPSA) is 166 Å². The van der Waals surface area contributed by atoms with Crippen LogP contribution >= 0.6 is 0 Å². The number of aliphatic imine (C=N–C) groups is 1. The van der Waals surface area contributed by atoms with Gasteiger partial charge in [-0.3, -0.25) is 24.7 Å². The van der Waals surface area contributed by atoms with Crippen molar-refractivity contribution < 1.29 is 19.2 Å². The number of rotatable bonds is 19. The lowest BCUT2D eigenvalue weighted by molar-refractivity contribution is -0.384. The Hall–Kier alpha value is -5.36. The molecular weight excluding hydrogens is 660 g/mol. The fraction of sp³-hybridized carbons (Fsp3) is 0.410. The third kappa shape index (κ3) is 8.92. The van der Waals surface area contributed by atoms with Crippen molar-refractivity contribution in [2.45, 2.75) is 56.4 Å². The van der Waals surface area contributed by atoms with Crippen LogP contribution in [0.15, 0.2) is 106 Å². The maximum Gasteiger partial charge on any atom is 0.269 e. The number of non-ortho nitro benzene ring substituents is 1. The van der Waals surface area contributed by atoms with Gasteiger partial charge in [0.05, 0.1) is 34.9 Å². The Kier molecular flexibility index (Phi) is 13.7. The fourth-order valence-electron chi connectivity index (χ4n) is 7.56. The van der Waals surface area contributed by atoms with Gasteiger partial charge in [-0.1, -0.05) is 84.8 Å². The van der Waals surface area contributed by atoms with Gasteiger partial charge in [-0.25, -0.2) is 0 Å². The van der Waals surface area contributed by atoms with Crippen molar-refractivity contribution in [2.75, 3.05) is 45.9 Å². The molecule has 0 bridgehead atoms. The zero-order valence-electron chi connectivity index (χ0n) is 29.5. The fourth-order valence-corrected chi connectivity index (χ4v) is 7.56. The number of nitrogens with zero attached hydrogens (tertiary/aromatic N) is 7. The molecule has 0 spiro atoms.